The van der Waals surface area contributed by atoms with E-state index in [0.717, 1.165) is 5.56 Å². The van der Waals surface area contributed by atoms with Gasteiger partial charge in [-0.25, -0.2) is 0 Å². The van der Waals surface area contributed by atoms with E-state index in [9.17, 15) is 4.79 Å². The summed E-state index contributed by atoms with van der Waals surface area (Å²) in [5, 5.41) is 8.77. The van der Waals surface area contributed by atoms with E-state index in [4.69, 9.17) is 15.6 Å². The Hall–Kier alpha value is -1.39. The topological polar surface area (TPSA) is 72.5 Å². The molecule has 0 saturated carbocycles. The van der Waals surface area contributed by atoms with Crippen molar-refractivity contribution in [3.8, 4) is 0 Å². The van der Waals surface area contributed by atoms with Gasteiger partial charge in [-0.15, -0.1) is 0 Å². The van der Waals surface area contributed by atoms with Crippen molar-refractivity contribution >= 4 is 5.97 Å². The Labute approximate surface area is 101 Å². The van der Waals surface area contributed by atoms with E-state index in [-0.39, 0.29) is 19.1 Å². The molecule has 0 amide bonds. The lowest BCUT2D eigenvalue weighted by atomic mass is 10.00. The predicted molar refractivity (Wildman–Crippen MR) is 65.1 cm³/mol. The zero-order chi connectivity index (χ0) is 12.7. The fraction of sp³-hybridized carbons (Fsp3) is 0.462. The smallest absolute Gasteiger partial charge is 0.323 e. The van der Waals surface area contributed by atoms with Crippen molar-refractivity contribution in [2.75, 3.05) is 6.61 Å². The van der Waals surface area contributed by atoms with Gasteiger partial charge in [0.2, 0.25) is 0 Å². The molecule has 4 heteroatoms. The highest BCUT2D eigenvalue weighted by molar-refractivity contribution is 5.75. The summed E-state index contributed by atoms with van der Waals surface area (Å²) in [4.78, 5) is 11.6. The van der Waals surface area contributed by atoms with Gasteiger partial charge in [-0.05, 0) is 17.9 Å². The minimum atomic E-state index is -0.675. The Morgan fingerprint density at radius 3 is 2.65 bits per heavy atom. The number of nitrogens with two attached hydrogens (primary N) is 1. The standard InChI is InChI=1S/C13H19NO3/c1-10(7-8-15)12(14)13(16)17-9-11-5-3-2-4-6-11/h2-6,10,12,15H,7-9,14H2,1H3. The van der Waals surface area contributed by atoms with Crippen LogP contribution in [0.4, 0.5) is 0 Å². The maximum atomic E-state index is 11.6. The van der Waals surface area contributed by atoms with Crippen molar-refractivity contribution in [1.29, 1.82) is 0 Å². The first kappa shape index (κ1) is 13.7. The van der Waals surface area contributed by atoms with Crippen LogP contribution in [0.3, 0.4) is 0 Å². The lowest BCUT2D eigenvalue weighted by Crippen LogP contribution is -2.38. The molecule has 2 atom stereocenters. The van der Waals surface area contributed by atoms with Crippen molar-refractivity contribution in [2.45, 2.75) is 26.0 Å². The minimum Gasteiger partial charge on any atom is -0.460 e. The number of carbonyl (C=O) groups is 1. The zero-order valence-electron chi connectivity index (χ0n) is 10.0. The van der Waals surface area contributed by atoms with Crippen LogP contribution in [0.15, 0.2) is 30.3 Å². The fourth-order valence-corrected chi connectivity index (χ4v) is 1.44. The minimum absolute atomic E-state index is 0.0286. The molecule has 0 aromatic heterocycles. The summed E-state index contributed by atoms with van der Waals surface area (Å²) in [7, 11) is 0. The third-order valence-electron chi connectivity index (χ3n) is 2.69. The van der Waals surface area contributed by atoms with Gasteiger partial charge in [0.25, 0.3) is 0 Å². The number of rotatable bonds is 6. The van der Waals surface area contributed by atoms with Crippen molar-refractivity contribution in [1.82, 2.24) is 0 Å². The Balaban J connectivity index is 2.39. The molecule has 1 aromatic carbocycles. The van der Waals surface area contributed by atoms with Crippen molar-refractivity contribution in [3.05, 3.63) is 35.9 Å². The predicted octanol–water partition coefficient (Wildman–Crippen LogP) is 1.08. The van der Waals surface area contributed by atoms with Gasteiger partial charge in [0.15, 0.2) is 0 Å². The van der Waals surface area contributed by atoms with Gasteiger partial charge in [-0.1, -0.05) is 37.3 Å². The molecular weight excluding hydrogens is 218 g/mol. The third kappa shape index (κ3) is 4.54. The summed E-state index contributed by atoms with van der Waals surface area (Å²) >= 11 is 0. The number of aliphatic hydroxyl groups excluding tert-OH is 1. The quantitative estimate of drug-likeness (QED) is 0.726. The van der Waals surface area contributed by atoms with Gasteiger partial charge < -0.3 is 15.6 Å². The Kier molecular flexibility index (Phi) is 5.66. The highest BCUT2D eigenvalue weighted by Gasteiger charge is 2.21. The van der Waals surface area contributed by atoms with E-state index in [1.165, 1.54) is 0 Å². The van der Waals surface area contributed by atoms with Gasteiger partial charge in [0.1, 0.15) is 12.6 Å². The molecule has 3 N–H and O–H groups in total. The van der Waals surface area contributed by atoms with Crippen LogP contribution in [0, 0.1) is 5.92 Å². The van der Waals surface area contributed by atoms with E-state index in [2.05, 4.69) is 0 Å². The molecule has 1 rings (SSSR count). The Bertz CT molecular complexity index is 340. The highest BCUT2D eigenvalue weighted by Crippen LogP contribution is 2.08. The Morgan fingerprint density at radius 1 is 1.41 bits per heavy atom. The van der Waals surface area contributed by atoms with Gasteiger partial charge in [0, 0.05) is 6.61 Å². The number of aliphatic hydroxyl groups is 1. The largest absolute Gasteiger partial charge is 0.460 e. The second-order valence-electron chi connectivity index (χ2n) is 4.11. The normalized spacial score (nSPS) is 14.1. The summed E-state index contributed by atoms with van der Waals surface area (Å²) in [6.45, 7) is 2.09. The van der Waals surface area contributed by atoms with Crippen molar-refractivity contribution in [2.24, 2.45) is 11.7 Å². The monoisotopic (exact) mass is 237 g/mol. The van der Waals surface area contributed by atoms with Crippen LogP contribution >= 0.6 is 0 Å². The van der Waals surface area contributed by atoms with Gasteiger partial charge in [-0.2, -0.15) is 0 Å². The first-order chi connectivity index (χ1) is 8.15. The first-order valence-corrected chi connectivity index (χ1v) is 5.72. The van der Waals surface area contributed by atoms with Gasteiger partial charge in [-0.3, -0.25) is 4.79 Å². The summed E-state index contributed by atoms with van der Waals surface area (Å²) in [6.07, 6.45) is 0.502. The molecule has 0 heterocycles. The fourth-order valence-electron chi connectivity index (χ4n) is 1.44. The molecule has 0 spiro atoms. The maximum Gasteiger partial charge on any atom is 0.323 e. The molecule has 0 radical (unpaired) electrons. The molecule has 0 fully saturated rings. The van der Waals surface area contributed by atoms with Crippen LogP contribution in [0.1, 0.15) is 18.9 Å². The summed E-state index contributed by atoms with van der Waals surface area (Å²) in [5.41, 5.74) is 6.66. The Morgan fingerprint density at radius 2 is 2.06 bits per heavy atom. The van der Waals surface area contributed by atoms with Crippen LogP contribution in [0.5, 0.6) is 0 Å². The van der Waals surface area contributed by atoms with Crippen LogP contribution in [-0.4, -0.2) is 23.7 Å². The zero-order valence-corrected chi connectivity index (χ0v) is 10.0. The second kappa shape index (κ2) is 7.04. The molecule has 0 bridgehead atoms. The number of hydrogen-bond donors (Lipinski definition) is 2. The van der Waals surface area contributed by atoms with Gasteiger partial charge in [0.05, 0.1) is 0 Å². The van der Waals surface area contributed by atoms with E-state index in [0.29, 0.717) is 6.42 Å². The molecule has 0 aliphatic rings. The molecule has 17 heavy (non-hydrogen) atoms. The van der Waals surface area contributed by atoms with Crippen LogP contribution in [0.2, 0.25) is 0 Å². The summed E-state index contributed by atoms with van der Waals surface area (Å²) in [6, 6.07) is 8.77. The lowest BCUT2D eigenvalue weighted by molar-refractivity contribution is -0.147. The molecule has 94 valence electrons. The number of ether oxygens (including phenoxy) is 1. The summed E-state index contributed by atoms with van der Waals surface area (Å²) in [5.74, 6) is -0.502. The second-order valence-corrected chi connectivity index (χ2v) is 4.11. The average Bonchev–Trinajstić information content (AvgIpc) is 2.36. The van der Waals surface area contributed by atoms with Crippen molar-refractivity contribution < 1.29 is 14.6 Å². The molecule has 2 unspecified atom stereocenters. The molecule has 1 aromatic rings. The van der Waals surface area contributed by atoms with E-state index in [1.54, 1.807) is 0 Å². The van der Waals surface area contributed by atoms with E-state index >= 15 is 0 Å². The first-order valence-electron chi connectivity index (χ1n) is 5.72. The number of benzene rings is 1. The van der Waals surface area contributed by atoms with Crippen LogP contribution in [-0.2, 0) is 16.1 Å². The molecule has 0 aliphatic carbocycles. The SMILES string of the molecule is CC(CCO)C(N)C(=O)OCc1ccccc1. The summed E-state index contributed by atoms with van der Waals surface area (Å²) < 4.78 is 5.11. The number of carbonyl (C=O) groups excluding carboxylic acids is 1. The average molecular weight is 237 g/mol. The molecule has 0 aliphatic heterocycles. The van der Waals surface area contributed by atoms with Crippen LogP contribution < -0.4 is 5.73 Å². The van der Waals surface area contributed by atoms with E-state index in [1.807, 2.05) is 37.3 Å². The molecule has 4 nitrogen and oxygen atoms in total. The van der Waals surface area contributed by atoms with Crippen LogP contribution in [0.25, 0.3) is 0 Å². The lowest BCUT2D eigenvalue weighted by Gasteiger charge is -2.17. The van der Waals surface area contributed by atoms with E-state index < -0.39 is 12.0 Å². The van der Waals surface area contributed by atoms with Gasteiger partial charge >= 0.3 is 5.97 Å². The number of esters is 1. The number of hydrogen-bond acceptors (Lipinski definition) is 4. The van der Waals surface area contributed by atoms with Crippen molar-refractivity contribution in [3.63, 3.8) is 0 Å². The molecular formula is C13H19NO3. The maximum absolute atomic E-state index is 11.6. The highest BCUT2D eigenvalue weighted by atomic mass is 16.5. The molecule has 0 saturated heterocycles. The third-order valence-corrected chi connectivity index (χ3v) is 2.69.